The number of hydrogen-bond donors (Lipinski definition) is 1. The maximum Gasteiger partial charge on any atom is 0.256 e. The number of hydrogen-bond acceptors (Lipinski definition) is 3. The summed E-state index contributed by atoms with van der Waals surface area (Å²) in [6.07, 6.45) is 0. The van der Waals surface area contributed by atoms with E-state index in [2.05, 4.69) is 4.98 Å². The molecule has 100 valence electrons. The number of carbonyl (C=O) groups excluding carboxylic acids is 1. The lowest BCUT2D eigenvalue weighted by Gasteiger charge is -2.23. The summed E-state index contributed by atoms with van der Waals surface area (Å²) < 4.78 is 0. The Morgan fingerprint density at radius 3 is 2.79 bits per heavy atom. The number of amides is 1. The zero-order chi connectivity index (χ0) is 14.0. The molecule has 1 N–H and O–H groups in total. The van der Waals surface area contributed by atoms with Gasteiger partial charge in [0.2, 0.25) is 0 Å². The van der Waals surface area contributed by atoms with E-state index in [0.29, 0.717) is 11.1 Å². The second kappa shape index (κ2) is 5.36. The van der Waals surface area contributed by atoms with Crippen molar-refractivity contribution in [1.29, 1.82) is 0 Å². The number of likely N-dealkylation sites (N-methyl/N-ethyl adjacent to an activating group) is 1. The van der Waals surface area contributed by atoms with E-state index in [-0.39, 0.29) is 18.6 Å². The molecule has 0 aliphatic rings. The van der Waals surface area contributed by atoms with Crippen LogP contribution in [-0.2, 0) is 0 Å². The van der Waals surface area contributed by atoms with E-state index in [1.165, 1.54) is 0 Å². The Balaban J connectivity index is 2.50. The summed E-state index contributed by atoms with van der Waals surface area (Å²) >= 11 is 0. The zero-order valence-electron chi connectivity index (χ0n) is 11.4. The van der Waals surface area contributed by atoms with Gasteiger partial charge < -0.3 is 10.0 Å². The maximum atomic E-state index is 12.4. The van der Waals surface area contributed by atoms with E-state index in [1.807, 2.05) is 38.1 Å². The van der Waals surface area contributed by atoms with E-state index >= 15 is 0 Å². The van der Waals surface area contributed by atoms with Crippen LogP contribution in [-0.4, -0.2) is 40.6 Å². The summed E-state index contributed by atoms with van der Waals surface area (Å²) in [5, 5.41) is 10.1. The third kappa shape index (κ3) is 2.58. The lowest BCUT2D eigenvalue weighted by molar-refractivity contribution is 0.0684. The molecule has 0 spiro atoms. The Morgan fingerprint density at radius 1 is 1.37 bits per heavy atom. The number of aliphatic hydroxyl groups excluding tert-OH is 1. The van der Waals surface area contributed by atoms with Crippen molar-refractivity contribution in [3.63, 3.8) is 0 Å². The van der Waals surface area contributed by atoms with Gasteiger partial charge in [-0.3, -0.25) is 9.78 Å². The van der Waals surface area contributed by atoms with Crippen LogP contribution in [0.25, 0.3) is 10.9 Å². The van der Waals surface area contributed by atoms with Crippen molar-refractivity contribution >= 4 is 16.8 Å². The number of para-hydroxylation sites is 1. The number of benzene rings is 1. The molecule has 4 nitrogen and oxygen atoms in total. The zero-order valence-corrected chi connectivity index (χ0v) is 11.4. The van der Waals surface area contributed by atoms with E-state index < -0.39 is 0 Å². The van der Waals surface area contributed by atoms with Gasteiger partial charge >= 0.3 is 0 Å². The maximum absolute atomic E-state index is 12.4. The summed E-state index contributed by atoms with van der Waals surface area (Å²) in [5.74, 6) is -0.120. The van der Waals surface area contributed by atoms with Gasteiger partial charge in [-0.2, -0.15) is 0 Å². The van der Waals surface area contributed by atoms with Crippen LogP contribution in [0.1, 0.15) is 23.0 Å². The van der Waals surface area contributed by atoms with Crippen molar-refractivity contribution < 1.29 is 9.90 Å². The van der Waals surface area contributed by atoms with Crippen molar-refractivity contribution in [2.24, 2.45) is 0 Å². The predicted octanol–water partition coefficient (Wildman–Crippen LogP) is 2.00. The number of carbonyl (C=O) groups is 1. The van der Waals surface area contributed by atoms with Gasteiger partial charge in [-0.1, -0.05) is 18.2 Å². The molecule has 0 aliphatic heterocycles. The van der Waals surface area contributed by atoms with Crippen molar-refractivity contribution in [3.05, 3.63) is 41.6 Å². The molecule has 1 amide bonds. The Morgan fingerprint density at radius 2 is 2.11 bits per heavy atom. The van der Waals surface area contributed by atoms with E-state index in [9.17, 15) is 4.79 Å². The molecule has 1 atom stereocenters. The molecule has 19 heavy (non-hydrogen) atoms. The smallest absolute Gasteiger partial charge is 0.256 e. The first-order chi connectivity index (χ1) is 9.04. The van der Waals surface area contributed by atoms with Crippen LogP contribution >= 0.6 is 0 Å². The second-order valence-electron chi connectivity index (χ2n) is 4.78. The van der Waals surface area contributed by atoms with E-state index in [0.717, 1.165) is 11.1 Å². The Bertz CT molecular complexity index is 610. The van der Waals surface area contributed by atoms with Crippen LogP contribution in [0.2, 0.25) is 0 Å². The number of nitrogens with zero attached hydrogens (tertiary/aromatic N) is 2. The summed E-state index contributed by atoms with van der Waals surface area (Å²) in [5.41, 5.74) is 2.17. The SMILES string of the molecule is Cc1ccc2cccc(C(=O)N(C)C(C)CO)c2n1. The van der Waals surface area contributed by atoms with Gasteiger partial charge in [-0.05, 0) is 26.0 Å². The summed E-state index contributed by atoms with van der Waals surface area (Å²) in [6, 6.07) is 9.24. The molecule has 2 rings (SSSR count). The average Bonchev–Trinajstić information content (AvgIpc) is 2.44. The Hall–Kier alpha value is -1.94. The van der Waals surface area contributed by atoms with Crippen LogP contribution in [0, 0.1) is 6.92 Å². The topological polar surface area (TPSA) is 53.4 Å². The van der Waals surface area contributed by atoms with Gasteiger partial charge in [-0.25, -0.2) is 0 Å². The molecular formula is C15H18N2O2. The summed E-state index contributed by atoms with van der Waals surface area (Å²) in [7, 11) is 1.69. The second-order valence-corrected chi connectivity index (χ2v) is 4.78. The molecule has 0 saturated heterocycles. The molecule has 1 unspecified atom stereocenters. The predicted molar refractivity (Wildman–Crippen MR) is 75.1 cm³/mol. The van der Waals surface area contributed by atoms with Crippen LogP contribution in [0.15, 0.2) is 30.3 Å². The number of aromatic nitrogens is 1. The minimum Gasteiger partial charge on any atom is -0.394 e. The molecule has 0 fully saturated rings. The molecule has 0 bridgehead atoms. The van der Waals surface area contributed by atoms with E-state index in [4.69, 9.17) is 5.11 Å². The molecule has 0 aliphatic carbocycles. The highest BCUT2D eigenvalue weighted by molar-refractivity contribution is 6.05. The fraction of sp³-hybridized carbons (Fsp3) is 0.333. The Kier molecular flexibility index (Phi) is 3.81. The largest absolute Gasteiger partial charge is 0.394 e. The lowest BCUT2D eigenvalue weighted by Crippen LogP contribution is -2.37. The van der Waals surface area contributed by atoms with Gasteiger partial charge in [-0.15, -0.1) is 0 Å². The summed E-state index contributed by atoms with van der Waals surface area (Å²) in [6.45, 7) is 3.65. The van der Waals surface area contributed by atoms with Gasteiger partial charge in [0.25, 0.3) is 5.91 Å². The molecular weight excluding hydrogens is 240 g/mol. The molecule has 0 radical (unpaired) electrons. The number of aliphatic hydroxyl groups is 1. The monoisotopic (exact) mass is 258 g/mol. The van der Waals surface area contributed by atoms with Crippen LogP contribution in [0.3, 0.4) is 0 Å². The number of rotatable bonds is 3. The van der Waals surface area contributed by atoms with Gasteiger partial charge in [0.1, 0.15) is 0 Å². The fourth-order valence-electron chi connectivity index (χ4n) is 1.93. The van der Waals surface area contributed by atoms with Gasteiger partial charge in [0.15, 0.2) is 0 Å². The molecule has 2 aromatic rings. The summed E-state index contributed by atoms with van der Waals surface area (Å²) in [4.78, 5) is 18.4. The lowest BCUT2D eigenvalue weighted by atomic mass is 10.1. The fourth-order valence-corrected chi connectivity index (χ4v) is 1.93. The highest BCUT2D eigenvalue weighted by Crippen LogP contribution is 2.19. The molecule has 0 saturated carbocycles. The van der Waals surface area contributed by atoms with Crippen LogP contribution in [0.4, 0.5) is 0 Å². The van der Waals surface area contributed by atoms with Gasteiger partial charge in [0.05, 0.1) is 23.7 Å². The highest BCUT2D eigenvalue weighted by atomic mass is 16.3. The first-order valence-electron chi connectivity index (χ1n) is 6.29. The molecule has 1 heterocycles. The minimum absolute atomic E-state index is 0.0561. The van der Waals surface area contributed by atoms with Crippen molar-refractivity contribution in [1.82, 2.24) is 9.88 Å². The number of aryl methyl sites for hydroxylation is 1. The molecule has 1 aromatic heterocycles. The Labute approximate surface area is 112 Å². The van der Waals surface area contributed by atoms with E-state index in [1.54, 1.807) is 18.0 Å². The van der Waals surface area contributed by atoms with Crippen molar-refractivity contribution in [2.75, 3.05) is 13.7 Å². The molecule has 4 heteroatoms. The van der Waals surface area contributed by atoms with Gasteiger partial charge in [0, 0.05) is 18.1 Å². The quantitative estimate of drug-likeness (QED) is 0.916. The third-order valence-electron chi connectivity index (χ3n) is 3.34. The van der Waals surface area contributed by atoms with Crippen LogP contribution in [0.5, 0.6) is 0 Å². The highest BCUT2D eigenvalue weighted by Gasteiger charge is 2.19. The standard InChI is InChI=1S/C15H18N2O2/c1-10-7-8-12-5-4-6-13(14(12)16-10)15(19)17(3)11(2)9-18/h4-8,11,18H,9H2,1-3H3. The first-order valence-corrected chi connectivity index (χ1v) is 6.29. The van der Waals surface area contributed by atoms with Crippen molar-refractivity contribution in [2.45, 2.75) is 19.9 Å². The first kappa shape index (κ1) is 13.5. The third-order valence-corrected chi connectivity index (χ3v) is 3.34. The normalized spacial score (nSPS) is 12.4. The van der Waals surface area contributed by atoms with Crippen LogP contribution < -0.4 is 0 Å². The van der Waals surface area contributed by atoms with Crippen molar-refractivity contribution in [3.8, 4) is 0 Å². The number of pyridine rings is 1. The number of fused-ring (bicyclic) bond motifs is 1. The minimum atomic E-state index is -0.215. The average molecular weight is 258 g/mol. The molecule has 1 aromatic carbocycles.